The van der Waals surface area contributed by atoms with Crippen molar-refractivity contribution in [3.8, 4) is 0 Å². The Morgan fingerprint density at radius 3 is 3.08 bits per heavy atom. The molecule has 3 aromatic rings. The minimum atomic E-state index is -1.02. The van der Waals surface area contributed by atoms with Crippen molar-refractivity contribution in [1.29, 1.82) is 0 Å². The number of carboxylic acid groups (broad SMARTS) is 1. The quantitative estimate of drug-likeness (QED) is 0.694. The van der Waals surface area contributed by atoms with E-state index in [1.54, 1.807) is 11.2 Å². The number of rotatable bonds is 6. The first-order valence-electron chi connectivity index (χ1n) is 9.22. The van der Waals surface area contributed by atoms with Crippen LogP contribution in [0.15, 0.2) is 41.0 Å². The molecule has 26 heavy (non-hydrogen) atoms. The van der Waals surface area contributed by atoms with Gasteiger partial charge in [0.2, 0.25) is 0 Å². The minimum absolute atomic E-state index is 0.0313. The second-order valence-electron chi connectivity index (χ2n) is 7.05. The Bertz CT molecular complexity index is 912. The van der Waals surface area contributed by atoms with Crippen LogP contribution in [0.5, 0.6) is 0 Å². The van der Waals surface area contributed by atoms with Crippen LogP contribution in [0.2, 0.25) is 0 Å². The Morgan fingerprint density at radius 1 is 1.27 bits per heavy atom. The second-order valence-corrected chi connectivity index (χ2v) is 7.05. The molecule has 1 atom stereocenters. The average Bonchev–Trinajstić information content (AvgIpc) is 3.20. The molecule has 0 aliphatic carbocycles. The Kier molecular flexibility index (Phi) is 4.75. The summed E-state index contributed by atoms with van der Waals surface area (Å²) in [4.78, 5) is 12.2. The fraction of sp³-hybridized carbons (Fsp3) is 0.400. The van der Waals surface area contributed by atoms with Crippen molar-refractivity contribution in [2.75, 3.05) is 13.1 Å². The van der Waals surface area contributed by atoms with Gasteiger partial charge in [-0.05, 0) is 42.7 Å². The Morgan fingerprint density at radius 2 is 2.19 bits per heavy atom. The molecule has 6 nitrogen and oxygen atoms in total. The van der Waals surface area contributed by atoms with Gasteiger partial charge in [0.1, 0.15) is 12.1 Å². The molecular formula is C20H23N3O3. The molecule has 0 radical (unpaired) electrons. The lowest BCUT2D eigenvalue weighted by atomic mass is 10.1. The van der Waals surface area contributed by atoms with Gasteiger partial charge in [0.25, 0.3) is 0 Å². The number of carbonyl (C=O) groups is 1. The third-order valence-corrected chi connectivity index (χ3v) is 5.11. The summed E-state index contributed by atoms with van der Waals surface area (Å²) in [5.74, 6) is -1.02. The van der Waals surface area contributed by atoms with E-state index in [2.05, 4.69) is 28.0 Å². The van der Waals surface area contributed by atoms with E-state index in [1.807, 2.05) is 12.1 Å². The molecule has 1 unspecified atom stereocenters. The lowest BCUT2D eigenvalue weighted by Gasteiger charge is -2.16. The van der Waals surface area contributed by atoms with Gasteiger partial charge in [-0.3, -0.25) is 4.68 Å². The van der Waals surface area contributed by atoms with E-state index in [9.17, 15) is 9.90 Å². The van der Waals surface area contributed by atoms with Gasteiger partial charge in [0.05, 0.1) is 30.7 Å². The maximum atomic E-state index is 10.7. The first-order chi connectivity index (χ1) is 12.7. The van der Waals surface area contributed by atoms with Gasteiger partial charge in [0.15, 0.2) is 0 Å². The number of hydrogen-bond acceptors (Lipinski definition) is 4. The lowest BCUT2D eigenvalue weighted by Crippen LogP contribution is -3.10. The molecule has 0 fully saturated rings. The summed E-state index contributed by atoms with van der Waals surface area (Å²) in [6.07, 6.45) is 4.33. The fourth-order valence-electron chi connectivity index (χ4n) is 3.73. The van der Waals surface area contributed by atoms with Crippen molar-refractivity contribution < 1.29 is 19.2 Å². The monoisotopic (exact) mass is 353 g/mol. The molecule has 1 N–H and O–H groups in total. The van der Waals surface area contributed by atoms with E-state index >= 15 is 0 Å². The highest BCUT2D eigenvalue weighted by molar-refractivity contribution is 5.77. The molecule has 0 spiro atoms. The third-order valence-electron chi connectivity index (χ3n) is 5.11. The number of quaternary nitrogens is 1. The molecule has 6 heteroatoms. The number of aryl methyl sites for hydroxylation is 2. The van der Waals surface area contributed by atoms with Crippen LogP contribution in [0.4, 0.5) is 0 Å². The van der Waals surface area contributed by atoms with Crippen LogP contribution in [0.1, 0.15) is 29.8 Å². The van der Waals surface area contributed by atoms with Crippen molar-refractivity contribution in [3.63, 3.8) is 0 Å². The lowest BCUT2D eigenvalue weighted by molar-refractivity contribution is -0.913. The molecule has 0 bridgehead atoms. The largest absolute Gasteiger partial charge is 0.550 e. The zero-order chi connectivity index (χ0) is 17.9. The van der Waals surface area contributed by atoms with Crippen molar-refractivity contribution in [3.05, 3.63) is 53.5 Å². The predicted octanol–water partition coefficient (Wildman–Crippen LogP) is 0.343. The first-order valence-corrected chi connectivity index (χ1v) is 9.22. The molecule has 1 aliphatic heterocycles. The predicted molar refractivity (Wildman–Crippen MR) is 94.5 cm³/mol. The van der Waals surface area contributed by atoms with Gasteiger partial charge in [0, 0.05) is 30.7 Å². The summed E-state index contributed by atoms with van der Waals surface area (Å²) in [6, 6.07) is 10.5. The fourth-order valence-corrected chi connectivity index (χ4v) is 3.73. The van der Waals surface area contributed by atoms with Gasteiger partial charge in [-0.25, -0.2) is 0 Å². The van der Waals surface area contributed by atoms with Gasteiger partial charge in [-0.2, -0.15) is 5.10 Å². The van der Waals surface area contributed by atoms with E-state index in [4.69, 9.17) is 4.42 Å². The Hall–Kier alpha value is -2.60. The number of aliphatic carboxylic acids is 1. The minimum Gasteiger partial charge on any atom is -0.550 e. The molecule has 2 aromatic heterocycles. The molecule has 0 saturated carbocycles. The highest BCUT2D eigenvalue weighted by atomic mass is 16.4. The maximum absolute atomic E-state index is 10.7. The topological polar surface area (TPSA) is 75.5 Å². The summed E-state index contributed by atoms with van der Waals surface area (Å²) >= 11 is 0. The van der Waals surface area contributed by atoms with Crippen LogP contribution in [0.25, 0.3) is 11.0 Å². The Balaban J connectivity index is 1.39. The average molecular weight is 353 g/mol. The van der Waals surface area contributed by atoms with Crippen molar-refractivity contribution in [1.82, 2.24) is 9.78 Å². The van der Waals surface area contributed by atoms with Crippen LogP contribution in [-0.2, 0) is 30.7 Å². The van der Waals surface area contributed by atoms with Crippen LogP contribution >= 0.6 is 0 Å². The molecule has 1 aliphatic rings. The van der Waals surface area contributed by atoms with Gasteiger partial charge in [-0.15, -0.1) is 0 Å². The number of nitrogens with zero attached hydrogens (tertiary/aromatic N) is 2. The molecule has 0 amide bonds. The van der Waals surface area contributed by atoms with Gasteiger partial charge < -0.3 is 19.2 Å². The summed E-state index contributed by atoms with van der Waals surface area (Å²) in [5, 5.41) is 16.4. The summed E-state index contributed by atoms with van der Waals surface area (Å²) in [5.41, 5.74) is 4.33. The maximum Gasteiger partial charge on any atom is 0.133 e. The zero-order valence-corrected chi connectivity index (χ0v) is 14.7. The number of furan rings is 1. The summed E-state index contributed by atoms with van der Waals surface area (Å²) < 4.78 is 7.46. The number of hydrogen-bond donors (Lipinski definition) is 1. The van der Waals surface area contributed by atoms with E-state index in [1.165, 1.54) is 11.3 Å². The van der Waals surface area contributed by atoms with Crippen molar-refractivity contribution in [2.24, 2.45) is 0 Å². The van der Waals surface area contributed by atoms with Crippen LogP contribution < -0.4 is 10.0 Å². The van der Waals surface area contributed by atoms with Crippen molar-refractivity contribution in [2.45, 2.75) is 38.8 Å². The zero-order valence-electron chi connectivity index (χ0n) is 14.7. The number of aromatic nitrogens is 2. The van der Waals surface area contributed by atoms with E-state index < -0.39 is 5.97 Å². The number of nitrogens with one attached hydrogen (secondary N) is 1. The SMILES string of the molecule is O=C([O-])CCc1cc2n(n1)CCC[NH+](CCc1ccc3occc3c1)C2. The third kappa shape index (κ3) is 3.80. The Labute approximate surface area is 152 Å². The van der Waals surface area contributed by atoms with E-state index in [0.717, 1.165) is 55.7 Å². The molecule has 4 rings (SSSR count). The van der Waals surface area contributed by atoms with E-state index in [0.29, 0.717) is 6.42 Å². The summed E-state index contributed by atoms with van der Waals surface area (Å²) in [7, 11) is 0. The smallest absolute Gasteiger partial charge is 0.133 e. The molecule has 136 valence electrons. The van der Waals surface area contributed by atoms with E-state index in [-0.39, 0.29) is 6.42 Å². The second kappa shape index (κ2) is 7.33. The molecule has 1 aromatic carbocycles. The highest BCUT2D eigenvalue weighted by Crippen LogP contribution is 2.17. The normalized spacial score (nSPS) is 17.2. The first kappa shape index (κ1) is 16.8. The molecule has 3 heterocycles. The van der Waals surface area contributed by atoms with Crippen LogP contribution in [0, 0.1) is 0 Å². The van der Waals surface area contributed by atoms with Crippen LogP contribution in [0.3, 0.4) is 0 Å². The van der Waals surface area contributed by atoms with Gasteiger partial charge >= 0.3 is 0 Å². The van der Waals surface area contributed by atoms with Gasteiger partial charge in [-0.1, -0.05) is 6.07 Å². The number of benzene rings is 1. The number of carbonyl (C=O) groups excluding carboxylic acids is 1. The highest BCUT2D eigenvalue weighted by Gasteiger charge is 2.19. The van der Waals surface area contributed by atoms with Crippen molar-refractivity contribution >= 4 is 16.9 Å². The standard InChI is InChI=1S/C20H23N3O3/c24-20(25)5-3-17-13-18-14-22(8-1-9-23(18)21-17)10-6-15-2-4-19-16(12-15)7-11-26-19/h2,4,7,11-13H,1,3,5-6,8-10,14H2,(H,24,25). The van der Waals surface area contributed by atoms with Crippen LogP contribution in [-0.4, -0.2) is 28.8 Å². The number of fused-ring (bicyclic) bond motifs is 2. The summed E-state index contributed by atoms with van der Waals surface area (Å²) in [6.45, 7) is 4.05. The number of carboxylic acids is 1. The molecular weight excluding hydrogens is 330 g/mol. The molecule has 0 saturated heterocycles.